The minimum Gasteiger partial charge on any atom is -0.0709 e. The summed E-state index contributed by atoms with van der Waals surface area (Å²) in [6, 6.07) is 7.40. The first kappa shape index (κ1) is 15.2. The summed E-state index contributed by atoms with van der Waals surface area (Å²) >= 11 is 0. The van der Waals surface area contributed by atoms with Gasteiger partial charge in [-0.15, -0.1) is 0 Å². The molecule has 0 heteroatoms. The molecular formula is C25H26. The summed E-state index contributed by atoms with van der Waals surface area (Å²) in [5, 5.41) is 2.88. The van der Waals surface area contributed by atoms with Crippen molar-refractivity contribution in [3.8, 4) is 11.1 Å². The van der Waals surface area contributed by atoms with Crippen molar-refractivity contribution >= 4 is 17.7 Å². The molecule has 0 aliphatic heterocycles. The molecule has 3 aliphatic carbocycles. The van der Waals surface area contributed by atoms with Crippen LogP contribution in [0, 0.1) is 12.3 Å². The average molecular weight is 326 g/mol. The second-order valence-corrected chi connectivity index (χ2v) is 9.42. The van der Waals surface area contributed by atoms with Crippen molar-refractivity contribution in [1.82, 2.24) is 0 Å². The molecule has 0 radical (unpaired) electrons. The maximum absolute atomic E-state index is 2.49. The molecule has 0 fully saturated rings. The molecule has 0 bridgehead atoms. The fraction of sp³-hybridized carbons (Fsp3) is 0.360. The second kappa shape index (κ2) is 4.36. The minimum atomic E-state index is 0.144. The Labute approximate surface area is 150 Å². The molecule has 0 unspecified atom stereocenters. The van der Waals surface area contributed by atoms with Gasteiger partial charge in [0.2, 0.25) is 0 Å². The van der Waals surface area contributed by atoms with E-state index >= 15 is 0 Å². The molecule has 0 atom stereocenters. The highest BCUT2D eigenvalue weighted by Crippen LogP contribution is 2.46. The van der Waals surface area contributed by atoms with Crippen molar-refractivity contribution in [2.45, 2.75) is 53.4 Å². The molecule has 0 amide bonds. The van der Waals surface area contributed by atoms with Gasteiger partial charge in [-0.3, -0.25) is 0 Å². The summed E-state index contributed by atoms with van der Waals surface area (Å²) in [5.41, 5.74) is 12.2. The fourth-order valence-corrected chi connectivity index (χ4v) is 5.28. The van der Waals surface area contributed by atoms with Gasteiger partial charge in [0.15, 0.2) is 0 Å². The van der Waals surface area contributed by atoms with Gasteiger partial charge >= 0.3 is 0 Å². The van der Waals surface area contributed by atoms with E-state index in [1.165, 1.54) is 49.4 Å². The number of benzene rings is 2. The smallest absolute Gasteiger partial charge is 0.00874 e. The maximum atomic E-state index is 2.49. The molecule has 3 aliphatic rings. The molecule has 0 aromatic heterocycles. The maximum Gasteiger partial charge on any atom is 0.00874 e. The van der Waals surface area contributed by atoms with Gasteiger partial charge in [0.25, 0.3) is 0 Å². The third-order valence-corrected chi connectivity index (χ3v) is 6.43. The molecule has 5 rings (SSSR count). The standard InChI is InChI=1S/C25H26/c1-14-11-25(5,6)23-10-20-16(7-18(14)23)8-19-15(2)22-13-24(3,4)12-17(22)9-21(19)20/h7,9-13H,8H2,1-6H3. The predicted octanol–water partition coefficient (Wildman–Crippen LogP) is 4.86. The van der Waals surface area contributed by atoms with Crippen molar-refractivity contribution in [3.05, 3.63) is 62.5 Å². The highest BCUT2D eigenvalue weighted by atomic mass is 14.4. The first-order valence-corrected chi connectivity index (χ1v) is 9.42. The molecule has 25 heavy (non-hydrogen) atoms. The van der Waals surface area contributed by atoms with E-state index in [4.69, 9.17) is 0 Å². The third kappa shape index (κ3) is 1.94. The van der Waals surface area contributed by atoms with Crippen LogP contribution < -0.4 is 10.4 Å². The lowest BCUT2D eigenvalue weighted by molar-refractivity contribution is 0.683. The number of allylic oxidation sites excluding steroid dienone is 2. The number of hydrogen-bond acceptors (Lipinski definition) is 0. The first-order valence-electron chi connectivity index (χ1n) is 9.42. The highest BCUT2D eigenvalue weighted by Gasteiger charge is 2.32. The Bertz CT molecular complexity index is 1120. The van der Waals surface area contributed by atoms with Crippen LogP contribution in [0.1, 0.15) is 62.4 Å². The fourth-order valence-electron chi connectivity index (χ4n) is 5.28. The molecule has 0 nitrogen and oxygen atoms in total. The summed E-state index contributed by atoms with van der Waals surface area (Å²) in [5.74, 6) is 0. The van der Waals surface area contributed by atoms with Gasteiger partial charge in [-0.1, -0.05) is 52.0 Å². The highest BCUT2D eigenvalue weighted by molar-refractivity contribution is 5.85. The molecule has 0 N–H and O–H groups in total. The molecule has 2 aromatic carbocycles. The third-order valence-electron chi connectivity index (χ3n) is 6.43. The van der Waals surface area contributed by atoms with E-state index in [9.17, 15) is 0 Å². The molecule has 126 valence electrons. The van der Waals surface area contributed by atoms with Crippen LogP contribution in [0.4, 0.5) is 0 Å². The van der Waals surface area contributed by atoms with Gasteiger partial charge in [-0.2, -0.15) is 0 Å². The first-order chi connectivity index (χ1) is 11.7. The Hall–Kier alpha value is -2.08. The van der Waals surface area contributed by atoms with Gasteiger partial charge in [-0.05, 0) is 87.4 Å². The van der Waals surface area contributed by atoms with Crippen LogP contribution in [0.3, 0.4) is 0 Å². The Morgan fingerprint density at radius 3 is 2.32 bits per heavy atom. The molecule has 0 saturated heterocycles. The summed E-state index contributed by atoms with van der Waals surface area (Å²) in [7, 11) is 0. The second-order valence-electron chi connectivity index (χ2n) is 9.42. The van der Waals surface area contributed by atoms with E-state index < -0.39 is 0 Å². The van der Waals surface area contributed by atoms with Crippen molar-refractivity contribution in [3.63, 3.8) is 0 Å². The van der Waals surface area contributed by atoms with Gasteiger partial charge in [-0.25, -0.2) is 0 Å². The van der Waals surface area contributed by atoms with Gasteiger partial charge in [0.05, 0.1) is 0 Å². The zero-order valence-electron chi connectivity index (χ0n) is 16.2. The van der Waals surface area contributed by atoms with Crippen LogP contribution >= 0.6 is 0 Å². The lowest BCUT2D eigenvalue weighted by Gasteiger charge is -2.19. The predicted molar refractivity (Wildman–Crippen MR) is 108 cm³/mol. The van der Waals surface area contributed by atoms with E-state index in [0.717, 1.165) is 6.42 Å². The monoisotopic (exact) mass is 326 g/mol. The molecule has 0 spiro atoms. The summed E-state index contributed by atoms with van der Waals surface area (Å²) < 4.78 is 0. The van der Waals surface area contributed by atoms with Crippen LogP contribution in [0.2, 0.25) is 0 Å². The Balaban J connectivity index is 1.80. The zero-order valence-corrected chi connectivity index (χ0v) is 16.2. The van der Waals surface area contributed by atoms with Crippen LogP contribution in [0.5, 0.6) is 0 Å². The van der Waals surface area contributed by atoms with Crippen molar-refractivity contribution in [2.75, 3.05) is 0 Å². The van der Waals surface area contributed by atoms with Gasteiger partial charge in [0, 0.05) is 10.8 Å². The Morgan fingerprint density at radius 2 is 1.56 bits per heavy atom. The van der Waals surface area contributed by atoms with Crippen LogP contribution in [-0.4, -0.2) is 0 Å². The van der Waals surface area contributed by atoms with Gasteiger partial charge in [0.1, 0.15) is 0 Å². The van der Waals surface area contributed by atoms with Crippen molar-refractivity contribution < 1.29 is 0 Å². The van der Waals surface area contributed by atoms with E-state index in [2.05, 4.69) is 78.0 Å². The van der Waals surface area contributed by atoms with E-state index in [1.54, 1.807) is 5.56 Å². The molecule has 0 saturated carbocycles. The zero-order chi connectivity index (χ0) is 17.7. The molecular weight excluding hydrogens is 300 g/mol. The molecule has 2 aromatic rings. The van der Waals surface area contributed by atoms with Crippen LogP contribution in [-0.2, 0) is 11.8 Å². The summed E-state index contributed by atoms with van der Waals surface area (Å²) in [4.78, 5) is 0. The lowest BCUT2D eigenvalue weighted by atomic mass is 9.85. The van der Waals surface area contributed by atoms with Crippen LogP contribution in [0.25, 0.3) is 28.9 Å². The molecule has 0 heterocycles. The number of rotatable bonds is 0. The van der Waals surface area contributed by atoms with E-state index in [0.29, 0.717) is 0 Å². The van der Waals surface area contributed by atoms with Crippen molar-refractivity contribution in [2.24, 2.45) is 5.41 Å². The van der Waals surface area contributed by atoms with Crippen LogP contribution in [0.15, 0.2) is 24.3 Å². The van der Waals surface area contributed by atoms with E-state index in [1.807, 2.05) is 0 Å². The number of hydrogen-bond donors (Lipinski definition) is 0. The van der Waals surface area contributed by atoms with Gasteiger partial charge < -0.3 is 0 Å². The summed E-state index contributed by atoms with van der Waals surface area (Å²) in [6.45, 7) is 13.9. The average Bonchev–Trinajstić information content (AvgIpc) is 3.09. The quantitative estimate of drug-likeness (QED) is 0.553. The Kier molecular flexibility index (Phi) is 2.65. The largest absolute Gasteiger partial charge is 0.0709 e. The lowest BCUT2D eigenvalue weighted by Crippen LogP contribution is -2.25. The summed E-state index contributed by atoms with van der Waals surface area (Å²) in [6.07, 6.45) is 8.37. The van der Waals surface area contributed by atoms with E-state index in [-0.39, 0.29) is 10.8 Å². The topological polar surface area (TPSA) is 0 Å². The normalized spacial score (nSPS) is 20.2. The Morgan fingerprint density at radius 1 is 0.800 bits per heavy atom. The van der Waals surface area contributed by atoms with Crippen molar-refractivity contribution in [1.29, 1.82) is 0 Å². The number of fused-ring (bicyclic) bond motifs is 5. The minimum absolute atomic E-state index is 0.144. The SMILES string of the molecule is CC1=CC(C)(C)c2cc3c(cc21)Cc1c-3cc2c(c1C)=CC(C)(C)C=2.